The van der Waals surface area contributed by atoms with Crippen molar-refractivity contribution in [1.29, 1.82) is 0 Å². The second kappa shape index (κ2) is 6.11. The summed E-state index contributed by atoms with van der Waals surface area (Å²) >= 11 is 4.83. The number of hydrogen-bond donors (Lipinski definition) is 1. The number of hydrogen-bond acceptors (Lipinski definition) is 3. The van der Waals surface area contributed by atoms with E-state index in [1.54, 1.807) is 17.4 Å². The Morgan fingerprint density at radius 1 is 1.42 bits per heavy atom. The van der Waals surface area contributed by atoms with E-state index < -0.39 is 0 Å². The quantitative estimate of drug-likeness (QED) is 0.881. The molecule has 2 rings (SSSR count). The molecule has 0 aliphatic carbocycles. The lowest BCUT2D eigenvalue weighted by Crippen LogP contribution is -2.06. The molecule has 0 spiro atoms. The lowest BCUT2D eigenvalue weighted by atomic mass is 10.1. The van der Waals surface area contributed by atoms with E-state index in [0.717, 1.165) is 21.7 Å². The van der Waals surface area contributed by atoms with Crippen LogP contribution >= 0.6 is 27.3 Å². The Morgan fingerprint density at radius 2 is 2.16 bits per heavy atom. The van der Waals surface area contributed by atoms with Crippen LogP contribution in [0.3, 0.4) is 0 Å². The van der Waals surface area contributed by atoms with E-state index in [2.05, 4.69) is 40.1 Å². The van der Waals surface area contributed by atoms with Crippen molar-refractivity contribution in [2.24, 2.45) is 0 Å². The smallest absolute Gasteiger partial charge is 0.134 e. The van der Waals surface area contributed by atoms with E-state index in [0.29, 0.717) is 11.5 Å². The summed E-state index contributed by atoms with van der Waals surface area (Å²) in [7, 11) is 1.91. The van der Waals surface area contributed by atoms with Crippen molar-refractivity contribution in [3.8, 4) is 10.6 Å². The number of nitrogens with zero attached hydrogens (tertiary/aromatic N) is 1. The van der Waals surface area contributed by atoms with Crippen LogP contribution in [0.5, 0.6) is 0 Å². The second-order valence-corrected chi connectivity index (χ2v) is 6.64. The summed E-state index contributed by atoms with van der Waals surface area (Å²) in [5.41, 5.74) is 1.62. The highest BCUT2D eigenvalue weighted by molar-refractivity contribution is 9.10. The molecule has 5 heteroatoms. The van der Waals surface area contributed by atoms with Crippen LogP contribution in [0.1, 0.15) is 30.3 Å². The van der Waals surface area contributed by atoms with Crippen molar-refractivity contribution < 1.29 is 4.39 Å². The summed E-state index contributed by atoms with van der Waals surface area (Å²) in [6.07, 6.45) is 0. The van der Waals surface area contributed by atoms with Crippen molar-refractivity contribution in [3.63, 3.8) is 0 Å². The molecule has 0 aliphatic rings. The highest BCUT2D eigenvalue weighted by atomic mass is 79.9. The Hall–Kier alpha value is -0.780. The van der Waals surface area contributed by atoms with Gasteiger partial charge in [-0.2, -0.15) is 0 Å². The molecule has 102 valence electrons. The Labute approximate surface area is 125 Å². The van der Waals surface area contributed by atoms with E-state index in [9.17, 15) is 4.39 Å². The van der Waals surface area contributed by atoms with Crippen molar-refractivity contribution in [2.75, 3.05) is 7.05 Å². The standard InChI is InChI=1S/C14H16BrFN2S/c1-8(2)13-12(7-17-3)19-14(18-13)10-5-4-9(15)6-11(10)16/h4-6,8,17H,7H2,1-3H3. The zero-order chi connectivity index (χ0) is 14.0. The monoisotopic (exact) mass is 342 g/mol. The highest BCUT2D eigenvalue weighted by Crippen LogP contribution is 2.33. The predicted molar refractivity (Wildman–Crippen MR) is 82.1 cm³/mol. The van der Waals surface area contributed by atoms with Crippen LogP contribution in [0.25, 0.3) is 10.6 Å². The number of halogens is 2. The molecule has 1 aromatic heterocycles. The maximum absolute atomic E-state index is 14.0. The molecule has 2 aromatic rings. The Balaban J connectivity index is 2.47. The summed E-state index contributed by atoms with van der Waals surface area (Å²) in [6.45, 7) is 4.98. The Morgan fingerprint density at radius 3 is 2.74 bits per heavy atom. The first kappa shape index (κ1) is 14.6. The molecule has 0 atom stereocenters. The summed E-state index contributed by atoms with van der Waals surface area (Å²) in [5.74, 6) is 0.0984. The minimum atomic E-state index is -0.241. The van der Waals surface area contributed by atoms with Gasteiger partial charge in [-0.15, -0.1) is 11.3 Å². The number of rotatable bonds is 4. The molecular formula is C14H16BrFN2S. The molecule has 0 saturated heterocycles. The van der Waals surface area contributed by atoms with Gasteiger partial charge in [-0.1, -0.05) is 29.8 Å². The van der Waals surface area contributed by atoms with E-state index in [1.807, 2.05) is 13.1 Å². The maximum Gasteiger partial charge on any atom is 0.134 e. The summed E-state index contributed by atoms with van der Waals surface area (Å²) < 4.78 is 14.7. The summed E-state index contributed by atoms with van der Waals surface area (Å²) in [6, 6.07) is 5.08. The third-order valence-corrected chi connectivity index (χ3v) is 4.37. The molecule has 0 saturated carbocycles. The normalized spacial score (nSPS) is 11.3. The average molecular weight is 343 g/mol. The van der Waals surface area contributed by atoms with Crippen LogP contribution in [0.15, 0.2) is 22.7 Å². The SMILES string of the molecule is CNCc1sc(-c2ccc(Br)cc2F)nc1C(C)C. The number of aromatic nitrogens is 1. The molecule has 2 nitrogen and oxygen atoms in total. The topological polar surface area (TPSA) is 24.9 Å². The molecule has 1 N–H and O–H groups in total. The lowest BCUT2D eigenvalue weighted by molar-refractivity contribution is 0.630. The molecule has 0 fully saturated rings. The summed E-state index contributed by atoms with van der Waals surface area (Å²) in [4.78, 5) is 5.79. The van der Waals surface area contributed by atoms with Crippen LogP contribution < -0.4 is 5.32 Å². The van der Waals surface area contributed by atoms with Crippen molar-refractivity contribution >= 4 is 27.3 Å². The fourth-order valence-corrected chi connectivity index (χ4v) is 3.47. The van der Waals surface area contributed by atoms with Crippen LogP contribution in [-0.4, -0.2) is 12.0 Å². The van der Waals surface area contributed by atoms with Crippen molar-refractivity contribution in [3.05, 3.63) is 39.1 Å². The van der Waals surface area contributed by atoms with Gasteiger partial charge >= 0.3 is 0 Å². The van der Waals surface area contributed by atoms with Gasteiger partial charge < -0.3 is 5.32 Å². The third-order valence-electron chi connectivity index (χ3n) is 2.77. The maximum atomic E-state index is 14.0. The van der Waals surface area contributed by atoms with Gasteiger partial charge in [-0.25, -0.2) is 9.37 Å². The molecular weight excluding hydrogens is 327 g/mol. The van der Waals surface area contributed by atoms with Gasteiger partial charge in [0, 0.05) is 21.5 Å². The zero-order valence-electron chi connectivity index (χ0n) is 11.1. The largest absolute Gasteiger partial charge is 0.315 e. The fraction of sp³-hybridized carbons (Fsp3) is 0.357. The predicted octanol–water partition coefficient (Wildman–Crippen LogP) is 4.55. The van der Waals surface area contributed by atoms with Crippen LogP contribution in [0.2, 0.25) is 0 Å². The van der Waals surface area contributed by atoms with Gasteiger partial charge in [0.2, 0.25) is 0 Å². The van der Waals surface area contributed by atoms with Crippen LogP contribution in [-0.2, 0) is 6.54 Å². The minimum absolute atomic E-state index is 0.241. The van der Waals surface area contributed by atoms with Crippen LogP contribution in [0, 0.1) is 5.82 Å². The molecule has 0 unspecified atom stereocenters. The second-order valence-electron chi connectivity index (χ2n) is 4.64. The van der Waals surface area contributed by atoms with Gasteiger partial charge in [0.05, 0.1) is 5.69 Å². The first-order chi connectivity index (χ1) is 9.02. The lowest BCUT2D eigenvalue weighted by Gasteiger charge is -2.03. The van der Waals surface area contributed by atoms with Gasteiger partial charge in [0.1, 0.15) is 10.8 Å². The van der Waals surface area contributed by atoms with Gasteiger partial charge in [-0.05, 0) is 31.2 Å². The first-order valence-corrected chi connectivity index (χ1v) is 7.73. The Kier molecular flexibility index (Phi) is 4.71. The van der Waals surface area contributed by atoms with E-state index >= 15 is 0 Å². The summed E-state index contributed by atoms with van der Waals surface area (Å²) in [5, 5.41) is 3.89. The van der Waals surface area contributed by atoms with E-state index in [4.69, 9.17) is 0 Å². The number of thiazole rings is 1. The molecule has 0 radical (unpaired) electrons. The fourth-order valence-electron chi connectivity index (χ4n) is 1.88. The number of benzene rings is 1. The average Bonchev–Trinajstić information content (AvgIpc) is 2.73. The molecule has 1 heterocycles. The highest BCUT2D eigenvalue weighted by Gasteiger charge is 2.16. The van der Waals surface area contributed by atoms with E-state index in [1.165, 1.54) is 10.9 Å². The molecule has 0 bridgehead atoms. The zero-order valence-corrected chi connectivity index (χ0v) is 13.5. The van der Waals surface area contributed by atoms with Gasteiger partial charge in [0.15, 0.2) is 0 Å². The molecule has 19 heavy (non-hydrogen) atoms. The van der Waals surface area contributed by atoms with Gasteiger partial charge in [0.25, 0.3) is 0 Å². The molecule has 0 aliphatic heterocycles. The molecule has 0 amide bonds. The first-order valence-electron chi connectivity index (χ1n) is 6.12. The minimum Gasteiger partial charge on any atom is -0.315 e. The van der Waals surface area contributed by atoms with Crippen molar-refractivity contribution in [1.82, 2.24) is 10.3 Å². The Bertz CT molecular complexity index is 581. The van der Waals surface area contributed by atoms with E-state index in [-0.39, 0.29) is 5.82 Å². The third kappa shape index (κ3) is 3.22. The molecule has 1 aromatic carbocycles. The van der Waals surface area contributed by atoms with Crippen LogP contribution in [0.4, 0.5) is 4.39 Å². The number of nitrogens with one attached hydrogen (secondary N) is 1. The van der Waals surface area contributed by atoms with Gasteiger partial charge in [-0.3, -0.25) is 0 Å². The van der Waals surface area contributed by atoms with Crippen molar-refractivity contribution in [2.45, 2.75) is 26.3 Å².